The maximum atomic E-state index is 2.49. The zero-order valence-corrected chi connectivity index (χ0v) is 8.73. The van der Waals surface area contributed by atoms with Crippen LogP contribution in [0.4, 0.5) is 0 Å². The second kappa shape index (κ2) is 2.22. The molecule has 0 aromatic rings. The van der Waals surface area contributed by atoms with Crippen LogP contribution in [0.15, 0.2) is 0 Å². The van der Waals surface area contributed by atoms with Crippen LogP contribution in [-0.2, 0) is 0 Å². The summed E-state index contributed by atoms with van der Waals surface area (Å²) in [5.41, 5.74) is 0.834. The Kier molecular flexibility index (Phi) is 1.83. The van der Waals surface area contributed by atoms with Gasteiger partial charge in [-0.1, -0.05) is 20.8 Å². The van der Waals surface area contributed by atoms with E-state index >= 15 is 0 Å². The minimum Gasteiger partial charge on any atom is -0.298 e. The molecule has 0 spiro atoms. The van der Waals surface area contributed by atoms with Gasteiger partial charge < -0.3 is 0 Å². The van der Waals surface area contributed by atoms with E-state index in [0.29, 0.717) is 11.0 Å². The molecule has 1 unspecified atom stereocenters. The second-order valence-corrected chi connectivity index (χ2v) is 5.19. The van der Waals surface area contributed by atoms with Crippen LogP contribution in [0.1, 0.15) is 41.0 Å². The third-order valence-corrected chi connectivity index (χ3v) is 3.75. The fourth-order valence-electron chi connectivity index (χ4n) is 2.07. The highest BCUT2D eigenvalue weighted by atomic mass is 15.3. The van der Waals surface area contributed by atoms with E-state index in [4.69, 9.17) is 0 Å². The molecule has 1 rings (SSSR count). The highest BCUT2D eigenvalue weighted by Crippen LogP contribution is 2.46. The second-order valence-electron chi connectivity index (χ2n) is 5.19. The van der Waals surface area contributed by atoms with Gasteiger partial charge in [0.05, 0.1) is 0 Å². The van der Waals surface area contributed by atoms with E-state index in [2.05, 4.69) is 46.6 Å². The average Bonchev–Trinajstić information content (AvgIpc) is 1.85. The molecule has 1 aliphatic heterocycles. The van der Waals surface area contributed by atoms with Gasteiger partial charge in [-0.25, -0.2) is 0 Å². The number of likely N-dealkylation sites (tertiary alicyclic amines) is 1. The van der Waals surface area contributed by atoms with Crippen LogP contribution in [0, 0.1) is 5.41 Å². The first-order valence-corrected chi connectivity index (χ1v) is 4.52. The number of hydrogen-bond acceptors (Lipinski definition) is 1. The lowest BCUT2D eigenvalue weighted by Gasteiger charge is -2.60. The Morgan fingerprint density at radius 2 is 1.82 bits per heavy atom. The summed E-state index contributed by atoms with van der Waals surface area (Å²) in [6, 6.07) is 0.777. The van der Waals surface area contributed by atoms with Crippen LogP contribution in [0.25, 0.3) is 0 Å². The van der Waals surface area contributed by atoms with E-state index in [1.807, 2.05) is 0 Å². The topological polar surface area (TPSA) is 3.24 Å². The Morgan fingerprint density at radius 3 is 1.91 bits per heavy atom. The lowest BCUT2D eigenvalue weighted by molar-refractivity contribution is -0.100. The average molecular weight is 155 g/mol. The number of nitrogens with zero attached hydrogens (tertiary/aromatic N) is 1. The maximum Gasteiger partial charge on any atom is 0.0244 e. The summed E-state index contributed by atoms with van der Waals surface area (Å²) in [7, 11) is 2.24. The van der Waals surface area contributed by atoms with Crippen LogP contribution >= 0.6 is 0 Å². The van der Waals surface area contributed by atoms with E-state index in [-0.39, 0.29) is 0 Å². The third-order valence-electron chi connectivity index (χ3n) is 3.75. The molecule has 1 heterocycles. The molecule has 0 amide bonds. The van der Waals surface area contributed by atoms with Crippen molar-refractivity contribution in [2.24, 2.45) is 5.41 Å². The van der Waals surface area contributed by atoms with Crippen molar-refractivity contribution in [3.8, 4) is 0 Å². The summed E-state index contributed by atoms with van der Waals surface area (Å²) in [4.78, 5) is 2.49. The fourth-order valence-corrected chi connectivity index (χ4v) is 2.07. The lowest BCUT2D eigenvalue weighted by atomic mass is 9.64. The van der Waals surface area contributed by atoms with Crippen molar-refractivity contribution in [1.82, 2.24) is 4.90 Å². The Hall–Kier alpha value is -0.0400. The highest BCUT2D eigenvalue weighted by Gasteiger charge is 2.50. The van der Waals surface area contributed by atoms with Gasteiger partial charge >= 0.3 is 0 Å². The van der Waals surface area contributed by atoms with Crippen molar-refractivity contribution in [3.05, 3.63) is 0 Å². The first-order chi connectivity index (χ1) is 4.79. The van der Waals surface area contributed by atoms with Crippen LogP contribution in [0.5, 0.6) is 0 Å². The molecular formula is C10H21N. The van der Waals surface area contributed by atoms with Crippen molar-refractivity contribution in [3.63, 3.8) is 0 Å². The molecule has 1 nitrogen and oxygen atoms in total. The van der Waals surface area contributed by atoms with Crippen LogP contribution < -0.4 is 0 Å². The van der Waals surface area contributed by atoms with Crippen LogP contribution in [0.3, 0.4) is 0 Å². The molecule has 66 valence electrons. The van der Waals surface area contributed by atoms with Gasteiger partial charge in [-0.2, -0.15) is 0 Å². The first-order valence-electron chi connectivity index (χ1n) is 4.52. The van der Waals surface area contributed by atoms with Crippen molar-refractivity contribution < 1.29 is 0 Å². The Balaban J connectivity index is 2.73. The summed E-state index contributed by atoms with van der Waals surface area (Å²) in [5.74, 6) is 0. The fraction of sp³-hybridized carbons (Fsp3) is 1.00. The number of rotatable bonds is 0. The normalized spacial score (nSPS) is 40.4. The van der Waals surface area contributed by atoms with E-state index in [9.17, 15) is 0 Å². The third kappa shape index (κ3) is 1.10. The van der Waals surface area contributed by atoms with Crippen LogP contribution in [-0.4, -0.2) is 23.5 Å². The highest BCUT2D eigenvalue weighted by molar-refractivity contribution is 5.06. The first kappa shape index (κ1) is 9.05. The summed E-state index contributed by atoms with van der Waals surface area (Å²) >= 11 is 0. The van der Waals surface area contributed by atoms with E-state index in [1.165, 1.54) is 6.42 Å². The molecule has 1 fully saturated rings. The maximum absolute atomic E-state index is 2.49. The van der Waals surface area contributed by atoms with Gasteiger partial charge in [-0.15, -0.1) is 0 Å². The van der Waals surface area contributed by atoms with Gasteiger partial charge in [0.2, 0.25) is 0 Å². The SMILES string of the molecule is CC1C[C@](C)(C(C)(C)C)N1C. The quantitative estimate of drug-likeness (QED) is 0.519. The molecule has 0 bridgehead atoms. The standard InChI is InChI=1S/C10H21N/c1-8-7-10(5,11(8)6)9(2,3)4/h8H,7H2,1-6H3/t8?,10-/m1/s1. The Morgan fingerprint density at radius 1 is 1.36 bits per heavy atom. The Labute approximate surface area is 70.8 Å². The molecule has 2 atom stereocenters. The molecule has 1 saturated heterocycles. The van der Waals surface area contributed by atoms with E-state index in [1.54, 1.807) is 0 Å². The molecule has 1 heteroatoms. The van der Waals surface area contributed by atoms with Gasteiger partial charge in [-0.3, -0.25) is 4.90 Å². The molecule has 0 aromatic heterocycles. The molecular weight excluding hydrogens is 134 g/mol. The smallest absolute Gasteiger partial charge is 0.0244 e. The zero-order chi connectivity index (χ0) is 8.86. The monoisotopic (exact) mass is 155 g/mol. The van der Waals surface area contributed by atoms with Gasteiger partial charge in [0, 0.05) is 11.6 Å². The van der Waals surface area contributed by atoms with Crippen molar-refractivity contribution in [2.75, 3.05) is 7.05 Å². The van der Waals surface area contributed by atoms with Crippen molar-refractivity contribution in [2.45, 2.75) is 52.6 Å². The largest absolute Gasteiger partial charge is 0.298 e. The molecule has 11 heavy (non-hydrogen) atoms. The summed E-state index contributed by atoms with van der Waals surface area (Å²) in [6.45, 7) is 11.7. The molecule has 1 aliphatic rings. The van der Waals surface area contributed by atoms with Gasteiger partial charge in [0.1, 0.15) is 0 Å². The van der Waals surface area contributed by atoms with Crippen molar-refractivity contribution >= 4 is 0 Å². The minimum absolute atomic E-state index is 0.411. The molecule has 0 saturated carbocycles. The van der Waals surface area contributed by atoms with Crippen LogP contribution in [0.2, 0.25) is 0 Å². The van der Waals surface area contributed by atoms with Gasteiger partial charge in [-0.05, 0) is 32.7 Å². The predicted molar refractivity (Wildman–Crippen MR) is 49.7 cm³/mol. The van der Waals surface area contributed by atoms with Crippen molar-refractivity contribution in [1.29, 1.82) is 0 Å². The lowest BCUT2D eigenvalue weighted by Crippen LogP contribution is -2.67. The molecule has 0 radical (unpaired) electrons. The zero-order valence-electron chi connectivity index (χ0n) is 8.73. The van der Waals surface area contributed by atoms with E-state index in [0.717, 1.165) is 6.04 Å². The summed E-state index contributed by atoms with van der Waals surface area (Å²) < 4.78 is 0. The molecule has 0 aliphatic carbocycles. The minimum atomic E-state index is 0.411. The molecule has 0 aromatic carbocycles. The summed E-state index contributed by atoms with van der Waals surface area (Å²) in [6.07, 6.45) is 1.34. The predicted octanol–water partition coefficient (Wildman–Crippen LogP) is 2.52. The number of hydrogen-bond donors (Lipinski definition) is 0. The van der Waals surface area contributed by atoms with Gasteiger partial charge in [0.15, 0.2) is 0 Å². The van der Waals surface area contributed by atoms with Gasteiger partial charge in [0.25, 0.3) is 0 Å². The Bertz CT molecular complexity index is 157. The molecule has 0 N–H and O–H groups in total. The summed E-state index contributed by atoms with van der Waals surface area (Å²) in [5, 5.41) is 0. The van der Waals surface area contributed by atoms with E-state index < -0.39 is 0 Å².